The number of hydrogen-bond donors (Lipinski definition) is 1. The number of hydrogen-bond acceptors (Lipinski definition) is 4. The minimum Gasteiger partial charge on any atom is -0.444 e. The average Bonchev–Trinajstić information content (AvgIpc) is 2.58. The first kappa shape index (κ1) is 18.3. The van der Waals surface area contributed by atoms with Crippen molar-refractivity contribution in [1.82, 2.24) is 10.3 Å². The minimum absolute atomic E-state index is 0.119. The van der Waals surface area contributed by atoms with Gasteiger partial charge in [0.25, 0.3) is 0 Å². The first-order valence-electron chi connectivity index (χ1n) is 7.34. The molecule has 0 aromatic carbocycles. The van der Waals surface area contributed by atoms with Gasteiger partial charge in [-0.15, -0.1) is 0 Å². The maximum absolute atomic E-state index is 15.3. The summed E-state index contributed by atoms with van der Waals surface area (Å²) in [4.78, 5) is 13.6. The van der Waals surface area contributed by atoms with Gasteiger partial charge in [0.2, 0.25) is 0 Å². The highest BCUT2D eigenvalue weighted by molar-refractivity contribution is 9.11. The summed E-state index contributed by atoms with van der Waals surface area (Å²) in [6.07, 6.45) is 2.99. The van der Waals surface area contributed by atoms with Crippen LogP contribution in [0.25, 0.3) is 0 Å². The summed E-state index contributed by atoms with van der Waals surface area (Å²) in [6, 6.07) is 0. The number of piperidine rings is 1. The van der Waals surface area contributed by atoms with Crippen molar-refractivity contribution in [2.24, 2.45) is 5.10 Å². The highest BCUT2D eigenvalue weighted by atomic mass is 79.9. The highest BCUT2D eigenvalue weighted by Crippen LogP contribution is 2.34. The Morgan fingerprint density at radius 3 is 2.65 bits per heavy atom. The lowest BCUT2D eigenvalue weighted by Crippen LogP contribution is -2.49. The number of hydrazone groups is 1. The fourth-order valence-electron chi connectivity index (χ4n) is 2.36. The number of likely N-dealkylation sites (tertiary alicyclic amines) is 1. The summed E-state index contributed by atoms with van der Waals surface area (Å²) in [7, 11) is 0. The van der Waals surface area contributed by atoms with E-state index in [0.29, 0.717) is 4.48 Å². The molecular weight excluding hydrogens is 389 g/mol. The predicted molar refractivity (Wildman–Crippen MR) is 92.4 cm³/mol. The van der Waals surface area contributed by atoms with Crippen LogP contribution in [0.5, 0.6) is 0 Å². The van der Waals surface area contributed by atoms with E-state index in [1.165, 1.54) is 4.90 Å². The number of alkyl halides is 1. The molecule has 0 spiro atoms. The van der Waals surface area contributed by atoms with E-state index in [2.05, 4.69) is 26.5 Å². The Morgan fingerprint density at radius 1 is 1.48 bits per heavy atom. The van der Waals surface area contributed by atoms with Crippen molar-refractivity contribution < 1.29 is 13.9 Å². The van der Waals surface area contributed by atoms with E-state index in [-0.39, 0.29) is 36.7 Å². The normalized spacial score (nSPS) is 21.5. The van der Waals surface area contributed by atoms with Crippen LogP contribution in [-0.2, 0) is 4.74 Å². The zero-order chi connectivity index (χ0) is 17.3. The van der Waals surface area contributed by atoms with Gasteiger partial charge in [0.05, 0.1) is 5.03 Å². The molecule has 0 saturated carbocycles. The van der Waals surface area contributed by atoms with Crippen molar-refractivity contribution in [1.29, 1.82) is 0 Å². The van der Waals surface area contributed by atoms with Gasteiger partial charge < -0.3 is 9.64 Å². The third kappa shape index (κ3) is 4.70. The van der Waals surface area contributed by atoms with Gasteiger partial charge in [-0.25, -0.2) is 9.18 Å². The zero-order valence-corrected chi connectivity index (χ0v) is 15.7. The van der Waals surface area contributed by atoms with E-state index >= 15 is 4.39 Å². The molecule has 8 heteroatoms. The summed E-state index contributed by atoms with van der Waals surface area (Å²) in [5, 5.41) is 4.27. The van der Waals surface area contributed by atoms with Crippen LogP contribution in [0, 0.1) is 0 Å². The standard InChI is InChI=1S/C15H20BrClFN3O2/c1-14(2,3)23-13(22)21-6-4-15(18,5-7-21)12-11(17)8-10(16)9-19-20-12/h8-9,19H,4-7H2,1-3H3. The molecule has 0 aromatic heterocycles. The maximum atomic E-state index is 15.3. The molecule has 1 N–H and O–H groups in total. The molecule has 1 fully saturated rings. The topological polar surface area (TPSA) is 53.9 Å². The average molecular weight is 409 g/mol. The number of nitrogens with zero attached hydrogens (tertiary/aromatic N) is 2. The molecule has 0 atom stereocenters. The maximum Gasteiger partial charge on any atom is 0.410 e. The number of allylic oxidation sites excluding steroid dienone is 3. The number of carbonyl (C=O) groups excluding carboxylic acids is 1. The fourth-order valence-corrected chi connectivity index (χ4v) is 3.16. The van der Waals surface area contributed by atoms with Crippen molar-refractivity contribution in [3.63, 3.8) is 0 Å². The van der Waals surface area contributed by atoms with E-state index < -0.39 is 17.4 Å². The second-order valence-corrected chi connectivity index (χ2v) is 7.87. The number of carbonyl (C=O) groups is 1. The van der Waals surface area contributed by atoms with Gasteiger partial charge in [-0.2, -0.15) is 5.10 Å². The molecule has 0 radical (unpaired) electrons. The predicted octanol–water partition coefficient (Wildman–Crippen LogP) is 4.04. The molecule has 23 heavy (non-hydrogen) atoms. The lowest BCUT2D eigenvalue weighted by Gasteiger charge is -2.37. The largest absolute Gasteiger partial charge is 0.444 e. The van der Waals surface area contributed by atoms with Crippen molar-refractivity contribution in [2.75, 3.05) is 13.1 Å². The van der Waals surface area contributed by atoms with E-state index in [4.69, 9.17) is 16.3 Å². The van der Waals surface area contributed by atoms with E-state index in [0.717, 1.165) is 0 Å². The molecule has 0 bridgehead atoms. The van der Waals surface area contributed by atoms with E-state index in [9.17, 15) is 4.79 Å². The van der Waals surface area contributed by atoms with Gasteiger partial charge in [0, 0.05) is 36.6 Å². The van der Waals surface area contributed by atoms with Gasteiger partial charge in [0.15, 0.2) is 5.67 Å². The van der Waals surface area contributed by atoms with Gasteiger partial charge in [0.1, 0.15) is 11.3 Å². The molecular formula is C15H20BrClFN3O2. The molecule has 0 unspecified atom stereocenters. The monoisotopic (exact) mass is 407 g/mol. The number of nitrogens with one attached hydrogen (secondary N) is 1. The van der Waals surface area contributed by atoms with Gasteiger partial charge in [-0.05, 0) is 42.8 Å². The first-order chi connectivity index (χ1) is 10.6. The Morgan fingerprint density at radius 2 is 2.09 bits per heavy atom. The number of rotatable bonds is 1. The summed E-state index contributed by atoms with van der Waals surface area (Å²) in [5.74, 6) is 0. The van der Waals surface area contributed by atoms with Crippen LogP contribution in [0.1, 0.15) is 33.6 Å². The van der Waals surface area contributed by atoms with Gasteiger partial charge in [-0.1, -0.05) is 11.6 Å². The second kappa shape index (κ2) is 6.81. The molecule has 0 aliphatic carbocycles. The molecule has 2 heterocycles. The summed E-state index contributed by atoms with van der Waals surface area (Å²) >= 11 is 9.44. The SMILES string of the molecule is CC(C)(C)OC(=O)N1CCC(F)(C2=NNC=C(Br)C=C2Cl)CC1. The number of halogens is 3. The van der Waals surface area contributed by atoms with Gasteiger partial charge in [-0.3, -0.25) is 5.43 Å². The summed E-state index contributed by atoms with van der Waals surface area (Å²) in [6.45, 7) is 5.91. The Bertz CT molecular complexity index is 576. The quantitative estimate of drug-likeness (QED) is 0.712. The summed E-state index contributed by atoms with van der Waals surface area (Å²) < 4.78 is 21.3. The molecule has 1 saturated heterocycles. The van der Waals surface area contributed by atoms with Crippen molar-refractivity contribution in [3.05, 3.63) is 21.8 Å². The van der Waals surface area contributed by atoms with Crippen LogP contribution in [0.2, 0.25) is 0 Å². The highest BCUT2D eigenvalue weighted by Gasteiger charge is 2.43. The minimum atomic E-state index is -1.68. The second-order valence-electron chi connectivity index (χ2n) is 6.54. The van der Waals surface area contributed by atoms with Crippen molar-refractivity contribution in [2.45, 2.75) is 44.9 Å². The van der Waals surface area contributed by atoms with Crippen LogP contribution in [0.15, 0.2) is 26.9 Å². The lowest BCUT2D eigenvalue weighted by molar-refractivity contribution is 0.0127. The molecule has 128 valence electrons. The molecule has 5 nitrogen and oxygen atoms in total. The molecule has 2 aliphatic heterocycles. The van der Waals surface area contributed by atoms with Crippen LogP contribution in [-0.4, -0.2) is 41.1 Å². The first-order valence-corrected chi connectivity index (χ1v) is 8.52. The Balaban J connectivity index is 2.04. The third-order valence-electron chi connectivity index (χ3n) is 3.50. The molecule has 2 aliphatic rings. The van der Waals surface area contributed by atoms with Gasteiger partial charge >= 0.3 is 6.09 Å². The van der Waals surface area contributed by atoms with Crippen LogP contribution >= 0.6 is 27.5 Å². The Kier molecular flexibility index (Phi) is 5.41. The third-order valence-corrected chi connectivity index (χ3v) is 4.25. The summed E-state index contributed by atoms with van der Waals surface area (Å²) in [5.41, 5.74) is 0.578. The number of amides is 1. The van der Waals surface area contributed by atoms with E-state index in [1.54, 1.807) is 33.0 Å². The molecule has 0 aromatic rings. The lowest BCUT2D eigenvalue weighted by atomic mass is 9.88. The van der Waals surface area contributed by atoms with Crippen LogP contribution < -0.4 is 5.43 Å². The molecule has 2 rings (SSSR count). The fraction of sp³-hybridized carbons (Fsp3) is 0.600. The van der Waals surface area contributed by atoms with Crippen LogP contribution in [0.4, 0.5) is 9.18 Å². The van der Waals surface area contributed by atoms with E-state index in [1.807, 2.05) is 0 Å². The Labute approximate surface area is 148 Å². The van der Waals surface area contributed by atoms with Crippen molar-refractivity contribution >= 4 is 39.3 Å². The smallest absolute Gasteiger partial charge is 0.410 e. The van der Waals surface area contributed by atoms with Crippen molar-refractivity contribution in [3.8, 4) is 0 Å². The molecule has 1 amide bonds. The number of ether oxygens (including phenoxy) is 1. The Hall–Kier alpha value is -1.08. The zero-order valence-electron chi connectivity index (χ0n) is 13.3. The van der Waals surface area contributed by atoms with Crippen LogP contribution in [0.3, 0.4) is 0 Å².